The Morgan fingerprint density at radius 1 is 1.22 bits per heavy atom. The molecule has 9 heteroatoms. The van der Waals surface area contributed by atoms with Crippen molar-refractivity contribution in [2.24, 2.45) is 10.7 Å². The molecule has 36 heavy (non-hydrogen) atoms. The number of fused-ring (bicyclic) bond motifs is 4. The maximum Gasteiger partial charge on any atom is 0.506 e. The zero-order chi connectivity index (χ0) is 26.7. The molecule has 5 rings (SSSR count). The second-order valence-corrected chi connectivity index (χ2v) is 8.63. The quantitative estimate of drug-likeness (QED) is 0.232. The molecule has 0 spiro atoms. The van der Waals surface area contributed by atoms with Crippen molar-refractivity contribution in [3.8, 4) is 11.4 Å². The van der Waals surface area contributed by atoms with E-state index in [1.165, 1.54) is 6.07 Å². The molecular weight excluding hydrogens is 463 g/mol. The summed E-state index contributed by atoms with van der Waals surface area (Å²) in [5, 5.41) is 9.80. The Morgan fingerprint density at radius 3 is 2.47 bits per heavy atom. The molecule has 0 fully saturated rings. The fourth-order valence-corrected chi connectivity index (χ4v) is 4.74. The van der Waals surface area contributed by atoms with Crippen LogP contribution in [0.1, 0.15) is 60.6 Å². The van der Waals surface area contributed by atoms with Crippen molar-refractivity contribution in [1.29, 1.82) is 0 Å². The number of carbonyl (C=O) groups is 1. The number of amidine groups is 1. The lowest BCUT2D eigenvalue weighted by Crippen LogP contribution is -2.25. The predicted octanol–water partition coefficient (Wildman–Crippen LogP) is 4.88. The third-order valence-electron chi connectivity index (χ3n) is 6.54. The Labute approximate surface area is 209 Å². The van der Waals surface area contributed by atoms with Crippen molar-refractivity contribution in [1.82, 2.24) is 9.55 Å². The summed E-state index contributed by atoms with van der Waals surface area (Å²) in [7, 11) is 1.66. The van der Waals surface area contributed by atoms with Crippen LogP contribution in [0, 0.1) is 19.7 Å². The van der Waals surface area contributed by atoms with Crippen LogP contribution in [-0.2, 0) is 30.7 Å². The van der Waals surface area contributed by atoms with Crippen LogP contribution in [-0.4, -0.2) is 33.7 Å². The van der Waals surface area contributed by atoms with Gasteiger partial charge in [-0.15, -0.1) is 0 Å². The van der Waals surface area contributed by atoms with Crippen LogP contribution in [0.25, 0.3) is 22.3 Å². The van der Waals surface area contributed by atoms with E-state index in [1.54, 1.807) is 25.5 Å². The summed E-state index contributed by atoms with van der Waals surface area (Å²) in [6, 6.07) is 3.33. The molecule has 1 aromatic carbocycles. The smallest absolute Gasteiger partial charge is 0.450 e. The van der Waals surface area contributed by atoms with Crippen molar-refractivity contribution < 1.29 is 19.0 Å². The number of aliphatic imine (C=N–C) groups is 1. The number of nitrogens with zero attached hydrogens (tertiary/aromatic N) is 3. The van der Waals surface area contributed by atoms with E-state index in [0.29, 0.717) is 40.3 Å². The zero-order valence-corrected chi connectivity index (χ0v) is 21.7. The van der Waals surface area contributed by atoms with Gasteiger partial charge in [-0.05, 0) is 68.4 Å². The Kier molecular flexibility index (Phi) is 8.12. The Morgan fingerprint density at radius 2 is 1.86 bits per heavy atom. The van der Waals surface area contributed by atoms with Crippen molar-refractivity contribution >= 4 is 22.9 Å². The number of hydrogen-bond donors (Lipinski definition) is 2. The fourth-order valence-electron chi connectivity index (χ4n) is 4.74. The van der Waals surface area contributed by atoms with Gasteiger partial charge in [0.25, 0.3) is 5.56 Å². The van der Waals surface area contributed by atoms with Gasteiger partial charge in [-0.1, -0.05) is 13.8 Å². The maximum absolute atomic E-state index is 14.5. The van der Waals surface area contributed by atoms with Gasteiger partial charge in [0.1, 0.15) is 12.4 Å². The summed E-state index contributed by atoms with van der Waals surface area (Å²) in [6.07, 6.45) is 1.22. The number of pyridine rings is 2. The summed E-state index contributed by atoms with van der Waals surface area (Å²) in [5.41, 5.74) is 11.6. The highest BCUT2D eigenvalue weighted by molar-refractivity contribution is 5.92. The average Bonchev–Trinajstić information content (AvgIpc) is 3.22. The molecule has 0 atom stereocenters. The minimum Gasteiger partial charge on any atom is -0.450 e. The first-order valence-corrected chi connectivity index (χ1v) is 12.1. The van der Waals surface area contributed by atoms with Gasteiger partial charge in [0.2, 0.25) is 0 Å². The third-order valence-corrected chi connectivity index (χ3v) is 6.54. The summed E-state index contributed by atoms with van der Waals surface area (Å²) in [6.45, 7) is 9.42. The second kappa shape index (κ2) is 10.9. The van der Waals surface area contributed by atoms with E-state index in [9.17, 15) is 14.0 Å². The molecule has 0 saturated heterocycles. The molecule has 0 bridgehead atoms. The number of aryl methyl sites for hydroxylation is 3. The first kappa shape index (κ1) is 26.8. The summed E-state index contributed by atoms with van der Waals surface area (Å²) < 4.78 is 20.7. The van der Waals surface area contributed by atoms with Crippen molar-refractivity contribution in [2.75, 3.05) is 7.05 Å². The fraction of sp³-hybridized carbons (Fsp3) is 0.407. The molecule has 8 nitrogen and oxygen atoms in total. The SMILES string of the molecule is CC.CN=C(C)N.Cc1cc2n(c(=O)c1COC(=O)O)Cc1c-2nc2cc(F)c(C)c3c2c1CCC3. The van der Waals surface area contributed by atoms with Crippen LogP contribution in [0.4, 0.5) is 9.18 Å². The lowest BCUT2D eigenvalue weighted by atomic mass is 9.85. The summed E-state index contributed by atoms with van der Waals surface area (Å²) in [4.78, 5) is 32.1. The largest absolute Gasteiger partial charge is 0.506 e. The van der Waals surface area contributed by atoms with Gasteiger partial charge in [-0.2, -0.15) is 0 Å². The molecule has 192 valence electrons. The van der Waals surface area contributed by atoms with E-state index in [1.807, 2.05) is 26.8 Å². The minimum absolute atomic E-state index is 0.250. The van der Waals surface area contributed by atoms with Crippen molar-refractivity contribution in [2.45, 2.75) is 67.0 Å². The highest BCUT2D eigenvalue weighted by Crippen LogP contribution is 2.41. The van der Waals surface area contributed by atoms with Crippen molar-refractivity contribution in [3.63, 3.8) is 0 Å². The van der Waals surface area contributed by atoms with Crippen LogP contribution >= 0.6 is 0 Å². The first-order chi connectivity index (χ1) is 17.1. The molecule has 2 aliphatic rings. The zero-order valence-electron chi connectivity index (χ0n) is 21.7. The number of nitrogens with two attached hydrogens (primary N) is 1. The molecule has 1 aliphatic carbocycles. The molecule has 3 N–H and O–H groups in total. The summed E-state index contributed by atoms with van der Waals surface area (Å²) >= 11 is 0. The van der Waals surface area contributed by atoms with Gasteiger partial charge >= 0.3 is 6.16 Å². The molecule has 0 radical (unpaired) electrons. The number of hydrogen-bond acceptors (Lipinski definition) is 5. The normalized spacial score (nSPS) is 13.1. The van der Waals surface area contributed by atoms with E-state index in [0.717, 1.165) is 47.0 Å². The minimum atomic E-state index is -1.42. The van der Waals surface area contributed by atoms with E-state index in [2.05, 4.69) is 9.73 Å². The molecular formula is C27H33FN4O4. The van der Waals surface area contributed by atoms with Crippen molar-refractivity contribution in [3.05, 3.63) is 61.7 Å². The Bertz CT molecular complexity index is 1420. The topological polar surface area (TPSA) is 120 Å². The highest BCUT2D eigenvalue weighted by Gasteiger charge is 2.30. The van der Waals surface area contributed by atoms with Gasteiger partial charge in [-0.25, -0.2) is 14.2 Å². The number of halogens is 1. The van der Waals surface area contributed by atoms with Gasteiger partial charge in [0.05, 0.1) is 34.8 Å². The van der Waals surface area contributed by atoms with E-state index >= 15 is 0 Å². The maximum atomic E-state index is 14.5. The van der Waals surface area contributed by atoms with Crippen LogP contribution in [0.3, 0.4) is 0 Å². The van der Waals surface area contributed by atoms with Crippen LogP contribution < -0.4 is 11.3 Å². The molecule has 2 aromatic heterocycles. The van der Waals surface area contributed by atoms with Crippen LogP contribution in [0.5, 0.6) is 0 Å². The van der Waals surface area contributed by atoms with Gasteiger partial charge in [0, 0.05) is 24.1 Å². The monoisotopic (exact) mass is 496 g/mol. The number of carboxylic acid groups (broad SMARTS) is 1. The first-order valence-electron chi connectivity index (χ1n) is 12.1. The Hall–Kier alpha value is -3.75. The van der Waals surface area contributed by atoms with E-state index in [4.69, 9.17) is 15.8 Å². The second-order valence-electron chi connectivity index (χ2n) is 8.63. The molecule has 3 heterocycles. The number of aromatic nitrogens is 2. The van der Waals surface area contributed by atoms with Gasteiger partial charge < -0.3 is 20.1 Å². The Balaban J connectivity index is 0.000000463. The average molecular weight is 497 g/mol. The standard InChI is InChI=1S/C22H19FN2O4.C3H8N2.C2H6/c1-10-6-18-20-14(8-25(18)21(26)15(10)9-29-22(27)28)13-5-3-4-12-11(2)16(23)7-17(24-20)19(12)13;1-3(4)5-2;1-2/h6-7H,3-5,8-9H2,1-2H3,(H,27,28);1-2H3,(H2,4,5);1-2H3. The summed E-state index contributed by atoms with van der Waals surface area (Å²) in [5.74, 6) is 0.380. The van der Waals surface area contributed by atoms with Gasteiger partial charge in [0.15, 0.2) is 0 Å². The van der Waals surface area contributed by atoms with Crippen LogP contribution in [0.2, 0.25) is 0 Å². The molecule has 0 unspecified atom stereocenters. The molecule has 3 aromatic rings. The molecule has 0 amide bonds. The number of ether oxygens (including phenoxy) is 1. The predicted molar refractivity (Wildman–Crippen MR) is 139 cm³/mol. The highest BCUT2D eigenvalue weighted by atomic mass is 19.1. The number of benzene rings is 1. The number of rotatable bonds is 2. The molecule has 0 saturated carbocycles. The molecule has 1 aliphatic heterocycles. The third kappa shape index (κ3) is 4.82. The lowest BCUT2D eigenvalue weighted by molar-refractivity contribution is 0.0848. The lowest BCUT2D eigenvalue weighted by Gasteiger charge is -2.21. The van der Waals surface area contributed by atoms with Crippen LogP contribution in [0.15, 0.2) is 21.9 Å². The van der Waals surface area contributed by atoms with E-state index < -0.39 is 6.16 Å². The van der Waals surface area contributed by atoms with Gasteiger partial charge in [-0.3, -0.25) is 9.79 Å². The van der Waals surface area contributed by atoms with E-state index in [-0.39, 0.29) is 18.0 Å².